The van der Waals surface area contributed by atoms with Gasteiger partial charge in [-0.25, -0.2) is 4.79 Å². The van der Waals surface area contributed by atoms with Gasteiger partial charge in [0.2, 0.25) is 11.8 Å². The molecule has 7 heteroatoms. The first-order valence-electron chi connectivity index (χ1n) is 8.56. The van der Waals surface area contributed by atoms with Gasteiger partial charge in [0.05, 0.1) is 11.8 Å². The largest absolute Gasteiger partial charge is 0.490 e. The van der Waals surface area contributed by atoms with E-state index in [1.807, 2.05) is 12.2 Å². The van der Waals surface area contributed by atoms with Crippen molar-refractivity contribution in [2.75, 3.05) is 13.2 Å². The number of carbonyl (C=O) groups excluding carboxylic acids is 3. The summed E-state index contributed by atoms with van der Waals surface area (Å²) in [6, 6.07) is 5.89. The molecular formula is C19H20ClNO5. The van der Waals surface area contributed by atoms with Gasteiger partial charge in [0.1, 0.15) is 25.0 Å². The van der Waals surface area contributed by atoms with Gasteiger partial charge in [-0.15, -0.1) is 0 Å². The van der Waals surface area contributed by atoms with E-state index in [2.05, 4.69) is 0 Å². The smallest absolute Gasteiger partial charge is 0.329 e. The van der Waals surface area contributed by atoms with Crippen molar-refractivity contribution in [2.45, 2.75) is 25.8 Å². The number of likely N-dealkylation sites (tertiary alicyclic amines) is 1. The van der Waals surface area contributed by atoms with Crippen molar-refractivity contribution < 1.29 is 23.9 Å². The summed E-state index contributed by atoms with van der Waals surface area (Å²) in [4.78, 5) is 38.2. The Morgan fingerprint density at radius 1 is 1.12 bits per heavy atom. The van der Waals surface area contributed by atoms with Gasteiger partial charge in [-0.05, 0) is 44.0 Å². The zero-order valence-corrected chi connectivity index (χ0v) is 15.1. The second-order valence-corrected chi connectivity index (χ2v) is 6.78. The molecule has 1 aliphatic heterocycles. The Balaban J connectivity index is 1.49. The van der Waals surface area contributed by atoms with Crippen molar-refractivity contribution in [3.8, 4) is 5.75 Å². The zero-order valence-electron chi connectivity index (χ0n) is 14.4. The Hall–Kier alpha value is -2.34. The van der Waals surface area contributed by atoms with Crippen LogP contribution in [-0.2, 0) is 19.1 Å². The molecule has 1 saturated heterocycles. The Morgan fingerprint density at radius 3 is 2.27 bits per heavy atom. The van der Waals surface area contributed by atoms with Crippen LogP contribution in [0.15, 0.2) is 36.4 Å². The molecule has 26 heavy (non-hydrogen) atoms. The highest BCUT2D eigenvalue weighted by molar-refractivity contribution is 6.30. The summed E-state index contributed by atoms with van der Waals surface area (Å²) in [5.41, 5.74) is 0. The van der Waals surface area contributed by atoms with Crippen molar-refractivity contribution in [1.82, 2.24) is 4.90 Å². The van der Waals surface area contributed by atoms with Gasteiger partial charge < -0.3 is 9.47 Å². The summed E-state index contributed by atoms with van der Waals surface area (Å²) in [6.45, 7) is 1.70. The molecule has 3 atom stereocenters. The number of hydrogen-bond acceptors (Lipinski definition) is 5. The average Bonchev–Trinajstić information content (AvgIpc) is 2.90. The lowest BCUT2D eigenvalue weighted by molar-refractivity contribution is -0.158. The number of halogens is 1. The van der Waals surface area contributed by atoms with Gasteiger partial charge in [0.25, 0.3) is 0 Å². The maximum atomic E-state index is 12.5. The van der Waals surface area contributed by atoms with E-state index in [0.29, 0.717) is 23.6 Å². The van der Waals surface area contributed by atoms with E-state index in [0.717, 1.165) is 4.90 Å². The number of benzene rings is 1. The van der Waals surface area contributed by atoms with E-state index in [1.54, 1.807) is 24.3 Å². The van der Waals surface area contributed by atoms with Crippen LogP contribution in [0.2, 0.25) is 5.02 Å². The van der Waals surface area contributed by atoms with Gasteiger partial charge >= 0.3 is 5.97 Å². The van der Waals surface area contributed by atoms with Crippen LogP contribution in [0.25, 0.3) is 0 Å². The molecule has 138 valence electrons. The number of rotatable bonds is 6. The number of nitrogens with zero attached hydrogens (tertiary/aromatic N) is 1. The highest BCUT2D eigenvalue weighted by Crippen LogP contribution is 2.36. The summed E-state index contributed by atoms with van der Waals surface area (Å²) in [5.74, 6) is -1.28. The van der Waals surface area contributed by atoms with Crippen LogP contribution in [0.4, 0.5) is 0 Å². The number of fused-ring (bicyclic) bond motifs is 1. The van der Waals surface area contributed by atoms with Crippen LogP contribution in [0, 0.1) is 11.8 Å². The molecule has 1 fully saturated rings. The molecule has 1 aliphatic carbocycles. The van der Waals surface area contributed by atoms with Crippen LogP contribution >= 0.6 is 11.6 Å². The number of ether oxygens (including phenoxy) is 2. The molecule has 1 heterocycles. The van der Waals surface area contributed by atoms with Crippen molar-refractivity contribution in [3.05, 3.63) is 41.4 Å². The Morgan fingerprint density at radius 2 is 1.69 bits per heavy atom. The van der Waals surface area contributed by atoms with E-state index in [-0.39, 0.29) is 36.9 Å². The molecule has 2 aliphatic rings. The number of amides is 2. The minimum absolute atomic E-state index is 0.0242. The number of allylic oxidation sites excluding steroid dienone is 2. The van der Waals surface area contributed by atoms with E-state index < -0.39 is 12.0 Å². The first-order chi connectivity index (χ1) is 12.5. The predicted octanol–water partition coefficient (Wildman–Crippen LogP) is 2.60. The third-order valence-electron chi connectivity index (χ3n) is 4.68. The normalized spacial score (nSPS) is 22.9. The standard InChI is InChI=1S/C19H20ClNO5/c1-12(21-17(22)15-4-2-3-5-16(15)18(21)23)19(24)26-11-10-25-14-8-6-13(20)7-9-14/h2-3,6-9,12,15-16H,4-5,10-11H2,1H3/t12-,15+,16+/m0/s1. The number of hydrogen-bond donors (Lipinski definition) is 0. The molecule has 0 N–H and O–H groups in total. The first kappa shape index (κ1) is 18.5. The molecule has 0 spiro atoms. The highest BCUT2D eigenvalue weighted by Gasteiger charge is 2.50. The summed E-state index contributed by atoms with van der Waals surface area (Å²) in [7, 11) is 0. The molecule has 1 aromatic rings. The van der Waals surface area contributed by atoms with Crippen molar-refractivity contribution in [2.24, 2.45) is 11.8 Å². The highest BCUT2D eigenvalue weighted by atomic mass is 35.5. The van der Waals surface area contributed by atoms with E-state index >= 15 is 0 Å². The topological polar surface area (TPSA) is 72.9 Å². The molecule has 6 nitrogen and oxygen atoms in total. The van der Waals surface area contributed by atoms with Crippen LogP contribution in [0.3, 0.4) is 0 Å². The minimum atomic E-state index is -0.934. The van der Waals surface area contributed by atoms with Gasteiger partial charge in [-0.2, -0.15) is 0 Å². The lowest BCUT2D eigenvalue weighted by atomic mass is 9.85. The Bertz CT molecular complexity index is 704. The van der Waals surface area contributed by atoms with E-state index in [4.69, 9.17) is 21.1 Å². The van der Waals surface area contributed by atoms with Crippen molar-refractivity contribution >= 4 is 29.4 Å². The number of imide groups is 1. The molecule has 0 aromatic heterocycles. The molecule has 1 aromatic carbocycles. The van der Waals surface area contributed by atoms with Gasteiger partial charge in [0.15, 0.2) is 0 Å². The van der Waals surface area contributed by atoms with E-state index in [1.165, 1.54) is 6.92 Å². The fraction of sp³-hybridized carbons (Fsp3) is 0.421. The van der Waals surface area contributed by atoms with Crippen LogP contribution in [0.1, 0.15) is 19.8 Å². The molecule has 2 amide bonds. The monoisotopic (exact) mass is 377 g/mol. The Kier molecular flexibility index (Phi) is 5.61. The molecule has 0 bridgehead atoms. The lowest BCUT2D eigenvalue weighted by Crippen LogP contribution is -2.44. The van der Waals surface area contributed by atoms with Gasteiger partial charge in [-0.3, -0.25) is 14.5 Å². The first-order valence-corrected chi connectivity index (χ1v) is 8.93. The van der Waals surface area contributed by atoms with Crippen molar-refractivity contribution in [3.63, 3.8) is 0 Å². The fourth-order valence-electron chi connectivity index (χ4n) is 3.27. The summed E-state index contributed by atoms with van der Waals surface area (Å²) in [5, 5.41) is 0.605. The molecule has 0 saturated carbocycles. The van der Waals surface area contributed by atoms with E-state index in [9.17, 15) is 14.4 Å². The molecule has 3 rings (SSSR count). The fourth-order valence-corrected chi connectivity index (χ4v) is 3.39. The Labute approximate surface area is 156 Å². The summed E-state index contributed by atoms with van der Waals surface area (Å²) in [6.07, 6.45) is 4.91. The predicted molar refractivity (Wildman–Crippen MR) is 94.6 cm³/mol. The molecular weight excluding hydrogens is 358 g/mol. The third-order valence-corrected chi connectivity index (χ3v) is 4.93. The maximum absolute atomic E-state index is 12.5. The zero-order chi connectivity index (χ0) is 18.7. The van der Waals surface area contributed by atoms with Gasteiger partial charge in [0, 0.05) is 5.02 Å². The minimum Gasteiger partial charge on any atom is -0.490 e. The maximum Gasteiger partial charge on any atom is 0.329 e. The number of carbonyl (C=O) groups is 3. The SMILES string of the molecule is C[C@@H](C(=O)OCCOc1ccc(Cl)cc1)N1C(=O)[C@@H]2CC=CC[C@H]2C1=O. The average molecular weight is 378 g/mol. The quantitative estimate of drug-likeness (QED) is 0.330. The van der Waals surface area contributed by atoms with Crippen LogP contribution < -0.4 is 4.74 Å². The summed E-state index contributed by atoms with van der Waals surface area (Å²) >= 11 is 5.79. The van der Waals surface area contributed by atoms with Gasteiger partial charge in [-0.1, -0.05) is 23.8 Å². The number of esters is 1. The lowest BCUT2D eigenvalue weighted by Gasteiger charge is -2.21. The third kappa shape index (κ3) is 3.75. The summed E-state index contributed by atoms with van der Waals surface area (Å²) < 4.78 is 10.6. The van der Waals surface area contributed by atoms with Crippen LogP contribution in [-0.4, -0.2) is 41.9 Å². The van der Waals surface area contributed by atoms with Crippen LogP contribution in [0.5, 0.6) is 5.75 Å². The van der Waals surface area contributed by atoms with Crippen molar-refractivity contribution in [1.29, 1.82) is 0 Å². The molecule has 0 radical (unpaired) electrons. The second-order valence-electron chi connectivity index (χ2n) is 6.35. The molecule has 0 unspecified atom stereocenters. The second kappa shape index (κ2) is 7.91.